The molecule has 0 spiro atoms. The average molecular weight is 449 g/mol. The van der Waals surface area contributed by atoms with Gasteiger partial charge in [0.05, 0.1) is 5.69 Å². The summed E-state index contributed by atoms with van der Waals surface area (Å²) in [6.07, 6.45) is 0. The molecule has 4 aromatic rings. The number of pyridine rings is 1. The van der Waals surface area contributed by atoms with Crippen LogP contribution in [-0.2, 0) is 14.9 Å². The van der Waals surface area contributed by atoms with Crippen molar-refractivity contribution in [2.45, 2.75) is 18.7 Å². The number of benzene rings is 3. The smallest absolute Gasteiger partial charge is 0.321 e. The second-order valence-electron chi connectivity index (χ2n) is 7.27. The summed E-state index contributed by atoms with van der Waals surface area (Å²) in [5.41, 5.74) is 0.462. The zero-order valence-corrected chi connectivity index (χ0v) is 18.2. The number of hydrogen-bond acceptors (Lipinski definition) is 5. The molecule has 4 rings (SSSR count). The van der Waals surface area contributed by atoms with E-state index < -0.39 is 21.6 Å². The fourth-order valence-electron chi connectivity index (χ4n) is 3.39. The highest BCUT2D eigenvalue weighted by Crippen LogP contribution is 2.24. The monoisotopic (exact) mass is 448 g/mol. The van der Waals surface area contributed by atoms with Gasteiger partial charge in [0.1, 0.15) is 10.6 Å². The summed E-state index contributed by atoms with van der Waals surface area (Å²) in [6.45, 7) is 2.92. The predicted molar refractivity (Wildman–Crippen MR) is 123 cm³/mol. The van der Waals surface area contributed by atoms with Crippen LogP contribution >= 0.6 is 0 Å². The zero-order chi connectivity index (χ0) is 22.9. The third kappa shape index (κ3) is 4.13. The number of fused-ring (bicyclic) bond motifs is 1. The molecule has 0 saturated carbocycles. The zero-order valence-electron chi connectivity index (χ0n) is 17.4. The van der Waals surface area contributed by atoms with Crippen molar-refractivity contribution in [3.8, 4) is 11.3 Å². The van der Waals surface area contributed by atoms with Crippen molar-refractivity contribution in [2.75, 3.05) is 5.32 Å². The van der Waals surface area contributed by atoms with Gasteiger partial charge in [0, 0.05) is 12.5 Å². The lowest BCUT2D eigenvalue weighted by molar-refractivity contribution is -0.114. The number of aryl methyl sites for hydroxylation is 1. The Morgan fingerprint density at radius 1 is 0.906 bits per heavy atom. The Hall–Kier alpha value is -3.91. The van der Waals surface area contributed by atoms with Gasteiger partial charge in [0.2, 0.25) is 5.91 Å². The highest BCUT2D eigenvalue weighted by molar-refractivity contribution is 7.87. The number of carbonyl (C=O) groups excluding carboxylic acids is 1. The van der Waals surface area contributed by atoms with E-state index in [2.05, 4.69) is 5.32 Å². The molecule has 1 aromatic heterocycles. The molecule has 1 heterocycles. The van der Waals surface area contributed by atoms with E-state index in [9.17, 15) is 18.0 Å². The van der Waals surface area contributed by atoms with E-state index in [0.29, 0.717) is 15.9 Å². The molecule has 0 bridgehead atoms. The summed E-state index contributed by atoms with van der Waals surface area (Å²) in [4.78, 5) is 24.7. The summed E-state index contributed by atoms with van der Waals surface area (Å²) < 4.78 is 32.3. The summed E-state index contributed by atoms with van der Waals surface area (Å²) in [6, 6.07) is 22.3. The maximum Gasteiger partial charge on any atom is 0.357 e. The number of rotatable bonds is 5. The van der Waals surface area contributed by atoms with Crippen molar-refractivity contribution in [1.29, 1.82) is 0 Å². The SMILES string of the molecule is CC(=O)Nc1c(C)cc(-c2ccccc2)n(OS(=O)(=O)c2ccc3ccccc3c2)c1=O. The van der Waals surface area contributed by atoms with E-state index in [0.717, 1.165) is 10.8 Å². The predicted octanol–water partition coefficient (Wildman–Crippen LogP) is 3.75. The van der Waals surface area contributed by atoms with Crippen LogP contribution < -0.4 is 15.2 Å². The molecular weight excluding hydrogens is 428 g/mol. The Morgan fingerprint density at radius 2 is 1.56 bits per heavy atom. The van der Waals surface area contributed by atoms with E-state index in [-0.39, 0.29) is 16.3 Å². The van der Waals surface area contributed by atoms with Gasteiger partial charge in [-0.25, -0.2) is 0 Å². The van der Waals surface area contributed by atoms with Crippen LogP contribution in [0.4, 0.5) is 5.69 Å². The molecule has 0 saturated heterocycles. The maximum absolute atomic E-state index is 13.2. The van der Waals surface area contributed by atoms with E-state index >= 15 is 0 Å². The quantitative estimate of drug-likeness (QED) is 0.502. The molecule has 0 aliphatic heterocycles. The normalized spacial score (nSPS) is 11.3. The summed E-state index contributed by atoms with van der Waals surface area (Å²) in [5.74, 6) is -0.457. The van der Waals surface area contributed by atoms with Crippen molar-refractivity contribution in [3.05, 3.63) is 94.8 Å². The van der Waals surface area contributed by atoms with E-state index in [1.807, 2.05) is 12.1 Å². The Labute approximate surface area is 185 Å². The third-order valence-electron chi connectivity index (χ3n) is 4.92. The van der Waals surface area contributed by atoms with Crippen molar-refractivity contribution in [3.63, 3.8) is 0 Å². The van der Waals surface area contributed by atoms with Crippen LogP contribution in [0.5, 0.6) is 0 Å². The lowest BCUT2D eigenvalue weighted by atomic mass is 10.1. The molecule has 1 amide bonds. The maximum atomic E-state index is 13.2. The first-order chi connectivity index (χ1) is 15.3. The molecule has 8 heteroatoms. The molecule has 0 aliphatic rings. The second-order valence-corrected chi connectivity index (χ2v) is 8.80. The van der Waals surface area contributed by atoms with Crippen molar-refractivity contribution in [2.24, 2.45) is 0 Å². The minimum Gasteiger partial charge on any atom is -0.321 e. The molecule has 32 heavy (non-hydrogen) atoms. The molecule has 0 atom stereocenters. The molecule has 7 nitrogen and oxygen atoms in total. The molecule has 0 radical (unpaired) electrons. The van der Waals surface area contributed by atoms with Gasteiger partial charge in [0.25, 0.3) is 0 Å². The van der Waals surface area contributed by atoms with Gasteiger partial charge in [-0.05, 0) is 41.5 Å². The van der Waals surface area contributed by atoms with Gasteiger partial charge in [-0.15, -0.1) is 4.73 Å². The minimum absolute atomic E-state index is 0.0501. The lowest BCUT2D eigenvalue weighted by Gasteiger charge is -2.17. The Bertz CT molecular complexity index is 1490. The third-order valence-corrected chi connectivity index (χ3v) is 6.09. The first-order valence-electron chi connectivity index (χ1n) is 9.80. The highest BCUT2D eigenvalue weighted by Gasteiger charge is 2.23. The fraction of sp³-hybridized carbons (Fsp3) is 0.0833. The number of hydrogen-bond donors (Lipinski definition) is 1. The second kappa shape index (κ2) is 8.32. The molecule has 0 aliphatic carbocycles. The Morgan fingerprint density at radius 3 is 2.25 bits per heavy atom. The van der Waals surface area contributed by atoms with Crippen LogP contribution in [0.3, 0.4) is 0 Å². The van der Waals surface area contributed by atoms with Crippen LogP contribution in [-0.4, -0.2) is 19.1 Å². The van der Waals surface area contributed by atoms with Crippen LogP contribution in [0.25, 0.3) is 22.0 Å². The minimum atomic E-state index is -4.37. The lowest BCUT2D eigenvalue weighted by Crippen LogP contribution is -2.34. The van der Waals surface area contributed by atoms with Gasteiger partial charge >= 0.3 is 15.7 Å². The van der Waals surface area contributed by atoms with E-state index in [1.165, 1.54) is 19.1 Å². The van der Waals surface area contributed by atoms with Crippen LogP contribution in [0.2, 0.25) is 0 Å². The number of carbonyl (C=O) groups is 1. The molecule has 0 fully saturated rings. The fourth-order valence-corrected chi connectivity index (χ4v) is 4.33. The summed E-state index contributed by atoms with van der Waals surface area (Å²) in [5, 5.41) is 4.05. The summed E-state index contributed by atoms with van der Waals surface area (Å²) >= 11 is 0. The van der Waals surface area contributed by atoms with Crippen LogP contribution in [0, 0.1) is 6.92 Å². The highest BCUT2D eigenvalue weighted by atomic mass is 32.2. The Kier molecular flexibility index (Phi) is 5.54. The molecule has 1 N–H and O–H groups in total. The van der Waals surface area contributed by atoms with Gasteiger partial charge < -0.3 is 5.32 Å². The molecular formula is C24H20N2O5S. The number of amides is 1. The number of anilines is 1. The van der Waals surface area contributed by atoms with Gasteiger partial charge in [-0.1, -0.05) is 60.7 Å². The standard InChI is InChI=1S/C24H20N2O5S/c1-16-14-22(19-9-4-3-5-10-19)26(24(28)23(16)25-17(2)27)31-32(29,30)21-13-12-18-8-6-7-11-20(18)15-21/h3-15H,1-2H3,(H,25,27). The van der Waals surface area contributed by atoms with Crippen LogP contribution in [0.1, 0.15) is 12.5 Å². The number of nitrogens with zero attached hydrogens (tertiary/aromatic N) is 1. The van der Waals surface area contributed by atoms with E-state index in [1.54, 1.807) is 61.5 Å². The molecule has 3 aromatic carbocycles. The molecule has 0 unspecified atom stereocenters. The van der Waals surface area contributed by atoms with Crippen LogP contribution in [0.15, 0.2) is 88.6 Å². The van der Waals surface area contributed by atoms with Gasteiger partial charge in [-0.3, -0.25) is 13.9 Å². The topological polar surface area (TPSA) is 94.5 Å². The number of aromatic nitrogens is 1. The van der Waals surface area contributed by atoms with Crippen molar-refractivity contribution in [1.82, 2.24) is 4.73 Å². The summed E-state index contributed by atoms with van der Waals surface area (Å²) in [7, 11) is -4.37. The first kappa shape index (κ1) is 21.3. The average Bonchev–Trinajstić information content (AvgIpc) is 2.78. The van der Waals surface area contributed by atoms with Gasteiger partial charge in [-0.2, -0.15) is 8.42 Å². The largest absolute Gasteiger partial charge is 0.357 e. The molecule has 162 valence electrons. The van der Waals surface area contributed by atoms with Crippen molar-refractivity contribution < 1.29 is 17.5 Å². The Balaban J connectivity index is 1.88. The van der Waals surface area contributed by atoms with Gasteiger partial charge in [0.15, 0.2) is 0 Å². The number of nitrogens with one attached hydrogen (secondary N) is 1. The first-order valence-corrected chi connectivity index (χ1v) is 11.2. The van der Waals surface area contributed by atoms with Crippen molar-refractivity contribution >= 4 is 32.5 Å². The van der Waals surface area contributed by atoms with E-state index in [4.69, 9.17) is 4.28 Å².